The first-order chi connectivity index (χ1) is 9.62. The molecule has 0 radical (unpaired) electrons. The highest BCUT2D eigenvalue weighted by Crippen LogP contribution is 2.29. The van der Waals surface area contributed by atoms with Crippen LogP contribution >= 0.6 is 0 Å². The Morgan fingerprint density at radius 2 is 2.00 bits per heavy atom. The third-order valence-electron chi connectivity index (χ3n) is 2.79. The van der Waals surface area contributed by atoms with Crippen molar-refractivity contribution in [2.45, 2.75) is 6.92 Å². The lowest BCUT2D eigenvalue weighted by atomic mass is 10.1. The molecule has 0 aromatic heterocycles. The van der Waals surface area contributed by atoms with Crippen molar-refractivity contribution in [3.63, 3.8) is 0 Å². The fourth-order valence-electron chi connectivity index (χ4n) is 1.73. The van der Waals surface area contributed by atoms with E-state index in [1.165, 1.54) is 0 Å². The van der Waals surface area contributed by atoms with E-state index in [0.717, 1.165) is 11.1 Å². The Morgan fingerprint density at radius 1 is 1.25 bits per heavy atom. The fourth-order valence-corrected chi connectivity index (χ4v) is 1.73. The van der Waals surface area contributed by atoms with Crippen LogP contribution in [0.5, 0.6) is 11.5 Å². The van der Waals surface area contributed by atoms with Gasteiger partial charge in [-0.1, -0.05) is 0 Å². The molecular weight excluding hydrogens is 258 g/mol. The molecule has 20 heavy (non-hydrogen) atoms. The maximum absolute atomic E-state index is 11.7. The molecule has 1 amide bonds. The molecule has 0 bridgehead atoms. The van der Waals surface area contributed by atoms with Gasteiger partial charge >= 0.3 is 0 Å². The largest absolute Gasteiger partial charge is 0.497 e. The maximum Gasteiger partial charge on any atom is 0.244 e. The van der Waals surface area contributed by atoms with E-state index in [0.29, 0.717) is 24.7 Å². The standard InChI is InChI=1S/C15H21NO4/c1-11(9-15(17)16-7-8-18-2)13-6-5-12(19-3)10-14(13)20-4/h5-6,9-10H,7-8H2,1-4H3,(H,16,17)/b11-9+. The van der Waals surface area contributed by atoms with E-state index in [-0.39, 0.29) is 5.91 Å². The zero-order chi connectivity index (χ0) is 15.0. The van der Waals surface area contributed by atoms with Gasteiger partial charge < -0.3 is 19.5 Å². The lowest BCUT2D eigenvalue weighted by molar-refractivity contribution is -0.116. The van der Waals surface area contributed by atoms with Crippen LogP contribution in [0.1, 0.15) is 12.5 Å². The van der Waals surface area contributed by atoms with E-state index in [4.69, 9.17) is 14.2 Å². The van der Waals surface area contributed by atoms with Crippen LogP contribution in [-0.2, 0) is 9.53 Å². The summed E-state index contributed by atoms with van der Waals surface area (Å²) in [5, 5.41) is 2.74. The van der Waals surface area contributed by atoms with Gasteiger partial charge in [-0.15, -0.1) is 0 Å². The molecule has 1 N–H and O–H groups in total. The number of amides is 1. The summed E-state index contributed by atoms with van der Waals surface area (Å²) in [5.41, 5.74) is 1.68. The Kier molecular flexibility index (Phi) is 6.59. The molecule has 0 saturated carbocycles. The Morgan fingerprint density at radius 3 is 2.60 bits per heavy atom. The Labute approximate surface area is 119 Å². The molecule has 0 atom stereocenters. The van der Waals surface area contributed by atoms with Crippen LogP contribution in [0.25, 0.3) is 5.57 Å². The quantitative estimate of drug-likeness (QED) is 0.611. The summed E-state index contributed by atoms with van der Waals surface area (Å²) in [6.45, 7) is 2.84. The molecule has 0 aliphatic heterocycles. The van der Waals surface area contributed by atoms with Crippen LogP contribution in [0.15, 0.2) is 24.3 Å². The van der Waals surface area contributed by atoms with Crippen LogP contribution < -0.4 is 14.8 Å². The molecule has 1 aromatic carbocycles. The fraction of sp³-hybridized carbons (Fsp3) is 0.400. The number of ether oxygens (including phenoxy) is 3. The van der Waals surface area contributed by atoms with Crippen molar-refractivity contribution in [3.8, 4) is 11.5 Å². The van der Waals surface area contributed by atoms with Crippen molar-refractivity contribution in [1.82, 2.24) is 5.32 Å². The van der Waals surface area contributed by atoms with Crippen molar-refractivity contribution < 1.29 is 19.0 Å². The zero-order valence-corrected chi connectivity index (χ0v) is 12.4. The molecule has 0 heterocycles. The molecule has 5 heteroatoms. The first-order valence-corrected chi connectivity index (χ1v) is 6.29. The summed E-state index contributed by atoms with van der Waals surface area (Å²) in [6, 6.07) is 5.49. The molecular formula is C15H21NO4. The Bertz CT molecular complexity index is 483. The van der Waals surface area contributed by atoms with E-state index in [2.05, 4.69) is 5.32 Å². The molecule has 0 fully saturated rings. The normalized spacial score (nSPS) is 11.1. The van der Waals surface area contributed by atoms with Gasteiger partial charge in [0.2, 0.25) is 5.91 Å². The summed E-state index contributed by atoms with van der Waals surface area (Å²) >= 11 is 0. The second kappa shape index (κ2) is 8.22. The third kappa shape index (κ3) is 4.59. The topological polar surface area (TPSA) is 56.8 Å². The minimum Gasteiger partial charge on any atom is -0.497 e. The number of nitrogens with one attached hydrogen (secondary N) is 1. The first-order valence-electron chi connectivity index (χ1n) is 6.29. The summed E-state index contributed by atoms with van der Waals surface area (Å²) in [6.07, 6.45) is 1.54. The van der Waals surface area contributed by atoms with Crippen molar-refractivity contribution in [1.29, 1.82) is 0 Å². The van der Waals surface area contributed by atoms with Crippen molar-refractivity contribution in [3.05, 3.63) is 29.8 Å². The van der Waals surface area contributed by atoms with E-state index in [9.17, 15) is 4.79 Å². The van der Waals surface area contributed by atoms with Crippen molar-refractivity contribution in [2.75, 3.05) is 34.5 Å². The van der Waals surface area contributed by atoms with Crippen LogP contribution in [0, 0.1) is 0 Å². The first kappa shape index (κ1) is 16.0. The number of benzene rings is 1. The highest BCUT2D eigenvalue weighted by Gasteiger charge is 2.08. The summed E-state index contributed by atoms with van der Waals surface area (Å²) in [4.78, 5) is 11.7. The number of carbonyl (C=O) groups is 1. The Balaban J connectivity index is 2.85. The monoisotopic (exact) mass is 279 g/mol. The van der Waals surface area contributed by atoms with Gasteiger partial charge in [-0.2, -0.15) is 0 Å². The number of allylic oxidation sites excluding steroid dienone is 1. The van der Waals surface area contributed by atoms with Gasteiger partial charge in [-0.3, -0.25) is 4.79 Å². The average molecular weight is 279 g/mol. The SMILES string of the molecule is COCCNC(=O)/C=C(\C)c1ccc(OC)cc1OC. The van der Waals surface area contributed by atoms with Gasteiger partial charge in [0, 0.05) is 31.4 Å². The number of hydrogen-bond acceptors (Lipinski definition) is 4. The predicted octanol–water partition coefficient (Wildman–Crippen LogP) is 1.87. The summed E-state index contributed by atoms with van der Waals surface area (Å²) in [7, 11) is 4.78. The minimum atomic E-state index is -0.155. The summed E-state index contributed by atoms with van der Waals surface area (Å²) < 4.78 is 15.3. The van der Waals surface area contributed by atoms with Crippen molar-refractivity contribution in [2.24, 2.45) is 0 Å². The molecule has 1 rings (SSSR count). The number of carbonyl (C=O) groups excluding carboxylic acids is 1. The van der Waals surface area contributed by atoms with Gasteiger partial charge in [0.1, 0.15) is 11.5 Å². The summed E-state index contributed by atoms with van der Waals surface area (Å²) in [5.74, 6) is 1.23. The third-order valence-corrected chi connectivity index (χ3v) is 2.79. The van der Waals surface area contributed by atoms with Crippen LogP contribution in [0.4, 0.5) is 0 Å². The molecule has 5 nitrogen and oxygen atoms in total. The lowest BCUT2D eigenvalue weighted by Crippen LogP contribution is -2.25. The van der Waals surface area contributed by atoms with Gasteiger partial charge in [-0.05, 0) is 24.6 Å². The Hall–Kier alpha value is -2.01. The molecule has 1 aromatic rings. The van der Waals surface area contributed by atoms with Gasteiger partial charge in [0.05, 0.1) is 20.8 Å². The number of rotatable bonds is 7. The molecule has 0 saturated heterocycles. The number of hydrogen-bond donors (Lipinski definition) is 1. The van der Waals surface area contributed by atoms with E-state index in [1.807, 2.05) is 19.1 Å². The molecule has 0 aliphatic carbocycles. The van der Waals surface area contributed by atoms with E-state index < -0.39 is 0 Å². The second-order valence-corrected chi connectivity index (χ2v) is 4.18. The molecule has 0 aliphatic rings. The van der Waals surface area contributed by atoms with Crippen LogP contribution in [0.3, 0.4) is 0 Å². The number of methoxy groups -OCH3 is 3. The highest BCUT2D eigenvalue weighted by atomic mass is 16.5. The second-order valence-electron chi connectivity index (χ2n) is 4.18. The average Bonchev–Trinajstić information content (AvgIpc) is 2.46. The molecule has 110 valence electrons. The van der Waals surface area contributed by atoms with Gasteiger partial charge in [-0.25, -0.2) is 0 Å². The van der Waals surface area contributed by atoms with E-state index in [1.54, 1.807) is 33.5 Å². The zero-order valence-electron chi connectivity index (χ0n) is 12.4. The van der Waals surface area contributed by atoms with Gasteiger partial charge in [0.15, 0.2) is 0 Å². The van der Waals surface area contributed by atoms with Crippen LogP contribution in [-0.4, -0.2) is 40.4 Å². The minimum absolute atomic E-state index is 0.155. The van der Waals surface area contributed by atoms with Crippen LogP contribution in [0.2, 0.25) is 0 Å². The smallest absolute Gasteiger partial charge is 0.244 e. The van der Waals surface area contributed by atoms with E-state index >= 15 is 0 Å². The lowest BCUT2D eigenvalue weighted by Gasteiger charge is -2.11. The van der Waals surface area contributed by atoms with Crippen molar-refractivity contribution >= 4 is 11.5 Å². The molecule has 0 spiro atoms. The van der Waals surface area contributed by atoms with Gasteiger partial charge in [0.25, 0.3) is 0 Å². The highest BCUT2D eigenvalue weighted by molar-refractivity contribution is 5.95. The molecule has 0 unspecified atom stereocenters. The predicted molar refractivity (Wildman–Crippen MR) is 78.1 cm³/mol. The maximum atomic E-state index is 11.7.